The minimum absolute atomic E-state index is 0.317. The molecular formula is C9H15NO. The molecule has 0 bridgehead atoms. The summed E-state index contributed by atoms with van der Waals surface area (Å²) in [5.74, 6) is 0.701. The van der Waals surface area contributed by atoms with E-state index >= 15 is 0 Å². The maximum absolute atomic E-state index is 11.3. The summed E-state index contributed by atoms with van der Waals surface area (Å²) in [7, 11) is 0. The Kier molecular flexibility index (Phi) is 1.84. The minimum atomic E-state index is 0.317. The number of amides is 1. The number of carbonyl (C=O) groups excluding carboxylic acids is 1. The lowest BCUT2D eigenvalue weighted by Gasteiger charge is -2.10. The third-order valence-electron chi connectivity index (χ3n) is 2.65. The number of rotatable bonds is 2. The molecule has 2 saturated carbocycles. The number of hydrogen-bond acceptors (Lipinski definition) is 1. The van der Waals surface area contributed by atoms with Gasteiger partial charge in [-0.15, -0.1) is 0 Å². The van der Waals surface area contributed by atoms with E-state index in [1.165, 1.54) is 25.7 Å². The van der Waals surface area contributed by atoms with E-state index in [-0.39, 0.29) is 0 Å². The molecule has 2 heteroatoms. The van der Waals surface area contributed by atoms with Gasteiger partial charge in [-0.3, -0.25) is 4.79 Å². The van der Waals surface area contributed by atoms with Crippen LogP contribution in [0.4, 0.5) is 0 Å². The van der Waals surface area contributed by atoms with Gasteiger partial charge in [-0.05, 0) is 25.7 Å². The highest BCUT2D eigenvalue weighted by Gasteiger charge is 2.31. The summed E-state index contributed by atoms with van der Waals surface area (Å²) in [4.78, 5) is 11.3. The highest BCUT2D eigenvalue weighted by molar-refractivity contribution is 5.81. The van der Waals surface area contributed by atoms with Crippen LogP contribution in [0.25, 0.3) is 0 Å². The van der Waals surface area contributed by atoms with Crippen LogP contribution in [0.1, 0.15) is 38.5 Å². The molecule has 0 aliphatic heterocycles. The zero-order valence-corrected chi connectivity index (χ0v) is 6.81. The van der Waals surface area contributed by atoms with Crippen molar-refractivity contribution in [2.24, 2.45) is 5.92 Å². The van der Waals surface area contributed by atoms with Crippen molar-refractivity contribution in [2.45, 2.75) is 44.6 Å². The third-order valence-corrected chi connectivity index (χ3v) is 2.65. The van der Waals surface area contributed by atoms with Crippen molar-refractivity contribution in [2.75, 3.05) is 0 Å². The lowest BCUT2D eigenvalue weighted by Crippen LogP contribution is -2.33. The second-order valence-electron chi connectivity index (χ2n) is 3.76. The molecule has 1 N–H and O–H groups in total. The van der Waals surface area contributed by atoms with Gasteiger partial charge in [0.15, 0.2) is 0 Å². The molecule has 0 aromatic heterocycles. The summed E-state index contributed by atoms with van der Waals surface area (Å²) in [6.45, 7) is 0. The van der Waals surface area contributed by atoms with Crippen molar-refractivity contribution >= 4 is 5.91 Å². The van der Waals surface area contributed by atoms with Gasteiger partial charge in [0, 0.05) is 12.0 Å². The first kappa shape index (κ1) is 7.14. The summed E-state index contributed by atoms with van der Waals surface area (Å²) < 4.78 is 0. The summed E-state index contributed by atoms with van der Waals surface area (Å²) in [5, 5.41) is 3.10. The zero-order valence-electron chi connectivity index (χ0n) is 6.81. The van der Waals surface area contributed by atoms with Crippen molar-refractivity contribution in [1.82, 2.24) is 5.32 Å². The Morgan fingerprint density at radius 2 is 1.73 bits per heavy atom. The van der Waals surface area contributed by atoms with E-state index in [0.29, 0.717) is 17.9 Å². The molecule has 62 valence electrons. The summed E-state index contributed by atoms with van der Waals surface area (Å²) in [5.41, 5.74) is 0. The average molecular weight is 153 g/mol. The molecule has 0 atom stereocenters. The van der Waals surface area contributed by atoms with Gasteiger partial charge in [0.05, 0.1) is 0 Å². The molecular weight excluding hydrogens is 138 g/mol. The van der Waals surface area contributed by atoms with Crippen LogP contribution >= 0.6 is 0 Å². The SMILES string of the molecule is O=C(NC1CCCC1)C1CC1. The smallest absolute Gasteiger partial charge is 0.223 e. The average Bonchev–Trinajstić information content (AvgIpc) is 2.73. The molecule has 2 fully saturated rings. The predicted molar refractivity (Wildman–Crippen MR) is 43.1 cm³/mol. The molecule has 0 aromatic rings. The Bertz CT molecular complexity index is 157. The molecule has 0 spiro atoms. The second-order valence-corrected chi connectivity index (χ2v) is 3.76. The van der Waals surface area contributed by atoms with Gasteiger partial charge in [-0.1, -0.05) is 12.8 Å². The molecule has 1 amide bonds. The summed E-state index contributed by atoms with van der Waals surface area (Å²) >= 11 is 0. The predicted octanol–water partition coefficient (Wildman–Crippen LogP) is 1.46. The van der Waals surface area contributed by atoms with E-state index in [2.05, 4.69) is 5.32 Å². The zero-order chi connectivity index (χ0) is 7.68. The first-order chi connectivity index (χ1) is 5.36. The Labute approximate surface area is 67.4 Å². The first-order valence-electron chi connectivity index (χ1n) is 4.66. The summed E-state index contributed by atoms with van der Waals surface area (Å²) in [6, 6.07) is 0.517. The second kappa shape index (κ2) is 2.84. The van der Waals surface area contributed by atoms with E-state index in [9.17, 15) is 4.79 Å². The maximum atomic E-state index is 11.3. The standard InChI is InChI=1S/C9H15NO/c11-9(7-5-6-7)10-8-3-1-2-4-8/h7-8H,1-6H2,(H,10,11). The molecule has 0 saturated heterocycles. The van der Waals surface area contributed by atoms with E-state index in [1.807, 2.05) is 0 Å². The molecule has 0 unspecified atom stereocenters. The monoisotopic (exact) mass is 153 g/mol. The lowest BCUT2D eigenvalue weighted by molar-refractivity contribution is -0.122. The fraction of sp³-hybridized carbons (Fsp3) is 0.889. The van der Waals surface area contributed by atoms with Crippen molar-refractivity contribution in [3.05, 3.63) is 0 Å². The van der Waals surface area contributed by atoms with Crippen LogP contribution in [0.15, 0.2) is 0 Å². The number of nitrogens with one attached hydrogen (secondary N) is 1. The topological polar surface area (TPSA) is 29.1 Å². The Morgan fingerprint density at radius 1 is 1.09 bits per heavy atom. The van der Waals surface area contributed by atoms with Crippen LogP contribution in [0, 0.1) is 5.92 Å². The molecule has 2 rings (SSSR count). The van der Waals surface area contributed by atoms with E-state index in [4.69, 9.17) is 0 Å². The highest BCUT2D eigenvalue weighted by Crippen LogP contribution is 2.29. The van der Waals surface area contributed by atoms with Gasteiger partial charge in [0.25, 0.3) is 0 Å². The fourth-order valence-electron chi connectivity index (χ4n) is 1.73. The molecule has 0 radical (unpaired) electrons. The molecule has 0 heterocycles. The van der Waals surface area contributed by atoms with Crippen molar-refractivity contribution in [3.8, 4) is 0 Å². The Morgan fingerprint density at radius 3 is 2.27 bits per heavy atom. The molecule has 2 aliphatic carbocycles. The van der Waals surface area contributed by atoms with Gasteiger partial charge in [-0.2, -0.15) is 0 Å². The van der Waals surface area contributed by atoms with E-state index < -0.39 is 0 Å². The van der Waals surface area contributed by atoms with Gasteiger partial charge < -0.3 is 5.32 Å². The van der Waals surface area contributed by atoms with Gasteiger partial charge in [0.1, 0.15) is 0 Å². The van der Waals surface area contributed by atoms with Crippen LogP contribution < -0.4 is 5.32 Å². The molecule has 0 aromatic carbocycles. The minimum Gasteiger partial charge on any atom is -0.353 e. The van der Waals surface area contributed by atoms with Crippen molar-refractivity contribution in [3.63, 3.8) is 0 Å². The normalized spacial score (nSPS) is 25.5. The van der Waals surface area contributed by atoms with Crippen LogP contribution in [0.2, 0.25) is 0 Å². The van der Waals surface area contributed by atoms with Crippen LogP contribution in [-0.2, 0) is 4.79 Å². The van der Waals surface area contributed by atoms with Crippen molar-refractivity contribution in [1.29, 1.82) is 0 Å². The Hall–Kier alpha value is -0.530. The van der Waals surface area contributed by atoms with Gasteiger partial charge in [0.2, 0.25) is 5.91 Å². The number of carbonyl (C=O) groups is 1. The molecule has 2 aliphatic rings. The van der Waals surface area contributed by atoms with E-state index in [0.717, 1.165) is 12.8 Å². The number of hydrogen-bond donors (Lipinski definition) is 1. The van der Waals surface area contributed by atoms with E-state index in [1.54, 1.807) is 0 Å². The van der Waals surface area contributed by atoms with Gasteiger partial charge >= 0.3 is 0 Å². The molecule has 2 nitrogen and oxygen atoms in total. The maximum Gasteiger partial charge on any atom is 0.223 e. The lowest BCUT2D eigenvalue weighted by atomic mass is 10.2. The highest BCUT2D eigenvalue weighted by atomic mass is 16.2. The van der Waals surface area contributed by atoms with Gasteiger partial charge in [-0.25, -0.2) is 0 Å². The van der Waals surface area contributed by atoms with Crippen molar-refractivity contribution < 1.29 is 4.79 Å². The van der Waals surface area contributed by atoms with Crippen LogP contribution in [0.3, 0.4) is 0 Å². The Balaban J connectivity index is 1.74. The fourth-order valence-corrected chi connectivity index (χ4v) is 1.73. The van der Waals surface area contributed by atoms with Crippen LogP contribution in [0.5, 0.6) is 0 Å². The summed E-state index contributed by atoms with van der Waals surface area (Å²) in [6.07, 6.45) is 7.26. The third kappa shape index (κ3) is 1.73. The first-order valence-corrected chi connectivity index (χ1v) is 4.66. The van der Waals surface area contributed by atoms with Crippen LogP contribution in [-0.4, -0.2) is 11.9 Å². The largest absolute Gasteiger partial charge is 0.353 e. The quantitative estimate of drug-likeness (QED) is 0.639. The molecule has 11 heavy (non-hydrogen) atoms.